The van der Waals surface area contributed by atoms with Crippen LogP contribution in [0.1, 0.15) is 130 Å². The Morgan fingerprint density at radius 2 is 1.21 bits per heavy atom. The zero-order valence-corrected chi connectivity index (χ0v) is 19.9. The Morgan fingerprint density at radius 1 is 0.759 bits per heavy atom. The maximum Gasteiger partial charge on any atom is 0.220 e. The van der Waals surface area contributed by atoms with Gasteiger partial charge in [0.1, 0.15) is 0 Å². The standard InChI is InChI=1S/C25H51NO3/c1-4-5-6-7-8-9-10-11-12-13-14-15-16-17-18-19-24(27)26-21-23-29-22-20-25(2,3)28/h28H,4-23H2,1-3H3,(H,26,27). The molecular formula is C25H51NO3. The lowest BCUT2D eigenvalue weighted by Gasteiger charge is -2.16. The summed E-state index contributed by atoms with van der Waals surface area (Å²) < 4.78 is 5.42. The van der Waals surface area contributed by atoms with E-state index < -0.39 is 5.60 Å². The minimum absolute atomic E-state index is 0.130. The van der Waals surface area contributed by atoms with Gasteiger partial charge >= 0.3 is 0 Å². The second-order valence-electron chi connectivity index (χ2n) is 9.22. The topological polar surface area (TPSA) is 58.6 Å². The molecule has 0 heterocycles. The van der Waals surface area contributed by atoms with Crippen LogP contribution in [0.25, 0.3) is 0 Å². The summed E-state index contributed by atoms with van der Waals surface area (Å²) in [6, 6.07) is 0. The number of hydrogen-bond acceptors (Lipinski definition) is 3. The van der Waals surface area contributed by atoms with Gasteiger partial charge in [-0.15, -0.1) is 0 Å². The van der Waals surface area contributed by atoms with Crippen LogP contribution in [0, 0.1) is 0 Å². The molecule has 1 amide bonds. The van der Waals surface area contributed by atoms with Crippen molar-refractivity contribution >= 4 is 5.91 Å². The lowest BCUT2D eigenvalue weighted by molar-refractivity contribution is -0.121. The van der Waals surface area contributed by atoms with Crippen LogP contribution in [0.2, 0.25) is 0 Å². The van der Waals surface area contributed by atoms with E-state index in [1.165, 1.54) is 83.5 Å². The van der Waals surface area contributed by atoms with Gasteiger partial charge in [0.25, 0.3) is 0 Å². The average Bonchev–Trinajstić information content (AvgIpc) is 2.66. The van der Waals surface area contributed by atoms with Crippen LogP contribution in [0.3, 0.4) is 0 Å². The van der Waals surface area contributed by atoms with Crippen LogP contribution in [-0.4, -0.2) is 36.4 Å². The molecule has 4 heteroatoms. The third-order valence-electron chi connectivity index (χ3n) is 5.43. The summed E-state index contributed by atoms with van der Waals surface area (Å²) in [4.78, 5) is 11.8. The Bertz CT molecular complexity index is 352. The normalized spacial score (nSPS) is 11.7. The fourth-order valence-electron chi connectivity index (χ4n) is 3.43. The van der Waals surface area contributed by atoms with E-state index in [1.807, 2.05) is 0 Å². The molecule has 0 unspecified atom stereocenters. The van der Waals surface area contributed by atoms with E-state index in [1.54, 1.807) is 13.8 Å². The highest BCUT2D eigenvalue weighted by Gasteiger charge is 2.11. The number of rotatable bonds is 22. The molecule has 0 fully saturated rings. The number of nitrogens with one attached hydrogen (secondary N) is 1. The Kier molecular flexibility index (Phi) is 20.2. The molecule has 0 atom stereocenters. The molecule has 0 saturated heterocycles. The first-order valence-electron chi connectivity index (χ1n) is 12.5. The van der Waals surface area contributed by atoms with Gasteiger partial charge in [0.15, 0.2) is 0 Å². The first-order valence-corrected chi connectivity index (χ1v) is 12.5. The third kappa shape index (κ3) is 25.4. The molecule has 29 heavy (non-hydrogen) atoms. The van der Waals surface area contributed by atoms with Crippen molar-refractivity contribution in [1.82, 2.24) is 5.32 Å². The first-order chi connectivity index (χ1) is 14.0. The van der Waals surface area contributed by atoms with Crippen LogP contribution in [-0.2, 0) is 9.53 Å². The SMILES string of the molecule is CCCCCCCCCCCCCCCCCC(=O)NCCOCCC(C)(C)O. The maximum atomic E-state index is 11.8. The van der Waals surface area contributed by atoms with Crippen LogP contribution < -0.4 is 5.32 Å². The zero-order chi connectivity index (χ0) is 21.6. The Labute approximate surface area is 181 Å². The van der Waals surface area contributed by atoms with Gasteiger partial charge in [-0.3, -0.25) is 4.79 Å². The number of carbonyl (C=O) groups excluding carboxylic acids is 1. The van der Waals surface area contributed by atoms with Gasteiger partial charge in [0.05, 0.1) is 12.2 Å². The quantitative estimate of drug-likeness (QED) is 0.198. The average molecular weight is 414 g/mol. The second-order valence-corrected chi connectivity index (χ2v) is 9.22. The van der Waals surface area contributed by atoms with E-state index in [0.717, 1.165) is 12.8 Å². The van der Waals surface area contributed by atoms with Crippen molar-refractivity contribution < 1.29 is 14.6 Å². The summed E-state index contributed by atoms with van der Waals surface area (Å²) in [7, 11) is 0. The fraction of sp³-hybridized carbons (Fsp3) is 0.960. The van der Waals surface area contributed by atoms with E-state index in [0.29, 0.717) is 32.6 Å². The fourth-order valence-corrected chi connectivity index (χ4v) is 3.43. The molecule has 0 aromatic rings. The van der Waals surface area contributed by atoms with Gasteiger partial charge < -0.3 is 15.2 Å². The van der Waals surface area contributed by atoms with E-state index in [9.17, 15) is 9.90 Å². The minimum atomic E-state index is -0.684. The molecule has 2 N–H and O–H groups in total. The Hall–Kier alpha value is -0.610. The molecule has 0 aliphatic heterocycles. The van der Waals surface area contributed by atoms with Crippen molar-refractivity contribution in [2.24, 2.45) is 0 Å². The summed E-state index contributed by atoms with van der Waals surface area (Å²) in [5.41, 5.74) is -0.684. The van der Waals surface area contributed by atoms with Crippen LogP contribution >= 0.6 is 0 Å². The molecule has 0 saturated carbocycles. The molecular weight excluding hydrogens is 362 g/mol. The monoisotopic (exact) mass is 413 g/mol. The molecule has 0 spiro atoms. The highest BCUT2D eigenvalue weighted by atomic mass is 16.5. The van der Waals surface area contributed by atoms with Gasteiger partial charge in [-0.2, -0.15) is 0 Å². The molecule has 0 aliphatic carbocycles. The summed E-state index contributed by atoms with van der Waals surface area (Å²) >= 11 is 0. The molecule has 0 aromatic heterocycles. The number of hydrogen-bond donors (Lipinski definition) is 2. The van der Waals surface area contributed by atoms with Crippen molar-refractivity contribution in [1.29, 1.82) is 0 Å². The van der Waals surface area contributed by atoms with Gasteiger partial charge in [-0.25, -0.2) is 0 Å². The Balaban J connectivity index is 3.17. The largest absolute Gasteiger partial charge is 0.390 e. The predicted molar refractivity (Wildman–Crippen MR) is 124 cm³/mol. The summed E-state index contributed by atoms with van der Waals surface area (Å²) in [6.07, 6.45) is 21.4. The number of unbranched alkanes of at least 4 members (excludes halogenated alkanes) is 14. The lowest BCUT2D eigenvalue weighted by atomic mass is 10.0. The van der Waals surface area contributed by atoms with E-state index >= 15 is 0 Å². The molecule has 0 bridgehead atoms. The van der Waals surface area contributed by atoms with Gasteiger partial charge in [0, 0.05) is 19.6 Å². The van der Waals surface area contributed by atoms with E-state index in [-0.39, 0.29) is 5.91 Å². The maximum absolute atomic E-state index is 11.8. The number of ether oxygens (including phenoxy) is 1. The van der Waals surface area contributed by atoms with Gasteiger partial charge in [-0.05, 0) is 26.7 Å². The van der Waals surface area contributed by atoms with E-state index in [4.69, 9.17) is 4.74 Å². The van der Waals surface area contributed by atoms with Crippen molar-refractivity contribution in [3.63, 3.8) is 0 Å². The molecule has 0 rings (SSSR count). The van der Waals surface area contributed by atoms with Crippen LogP contribution in [0.15, 0.2) is 0 Å². The number of carbonyl (C=O) groups is 1. The molecule has 4 nitrogen and oxygen atoms in total. The molecule has 0 aromatic carbocycles. The smallest absolute Gasteiger partial charge is 0.220 e. The predicted octanol–water partition coefficient (Wildman–Crippen LogP) is 6.54. The Morgan fingerprint density at radius 3 is 1.66 bits per heavy atom. The number of amides is 1. The first kappa shape index (κ1) is 28.4. The zero-order valence-electron chi connectivity index (χ0n) is 19.9. The molecule has 0 radical (unpaired) electrons. The minimum Gasteiger partial charge on any atom is -0.390 e. The third-order valence-corrected chi connectivity index (χ3v) is 5.43. The lowest BCUT2D eigenvalue weighted by Crippen LogP contribution is -2.28. The van der Waals surface area contributed by atoms with Crippen molar-refractivity contribution in [2.75, 3.05) is 19.8 Å². The second kappa shape index (κ2) is 20.7. The highest BCUT2D eigenvalue weighted by molar-refractivity contribution is 5.75. The van der Waals surface area contributed by atoms with Crippen LogP contribution in [0.4, 0.5) is 0 Å². The number of aliphatic hydroxyl groups is 1. The van der Waals surface area contributed by atoms with Crippen LogP contribution in [0.5, 0.6) is 0 Å². The van der Waals surface area contributed by atoms with E-state index in [2.05, 4.69) is 12.2 Å². The highest BCUT2D eigenvalue weighted by Crippen LogP contribution is 2.13. The molecule has 0 aliphatic rings. The summed E-state index contributed by atoms with van der Waals surface area (Å²) in [6.45, 7) is 7.42. The summed E-state index contributed by atoms with van der Waals surface area (Å²) in [5.74, 6) is 0.130. The summed E-state index contributed by atoms with van der Waals surface area (Å²) in [5, 5.41) is 12.5. The molecule has 174 valence electrons. The van der Waals surface area contributed by atoms with Crippen molar-refractivity contribution in [2.45, 2.75) is 136 Å². The van der Waals surface area contributed by atoms with Gasteiger partial charge in [-0.1, -0.05) is 96.8 Å². The van der Waals surface area contributed by atoms with Crippen molar-refractivity contribution in [3.8, 4) is 0 Å². The van der Waals surface area contributed by atoms with Crippen molar-refractivity contribution in [3.05, 3.63) is 0 Å². The van der Waals surface area contributed by atoms with Gasteiger partial charge in [0.2, 0.25) is 5.91 Å².